The second kappa shape index (κ2) is 12.6. The van der Waals surface area contributed by atoms with Gasteiger partial charge in [0.15, 0.2) is 0 Å². The molecule has 3 nitrogen and oxygen atoms in total. The number of nitrogens with two attached hydrogens (primary N) is 1. The Labute approximate surface area is 74.7 Å². The summed E-state index contributed by atoms with van der Waals surface area (Å²) in [5, 5.41) is 2.59. The van der Waals surface area contributed by atoms with Gasteiger partial charge in [-0.3, -0.25) is 4.79 Å². The summed E-state index contributed by atoms with van der Waals surface area (Å²) in [6.45, 7) is 6.55. The van der Waals surface area contributed by atoms with Crippen LogP contribution in [0.5, 0.6) is 0 Å². The molecule has 0 bridgehead atoms. The molecule has 0 aliphatic carbocycles. The fourth-order valence-electron chi connectivity index (χ4n) is 0.451. The van der Waals surface area contributed by atoms with E-state index in [1.54, 1.807) is 6.92 Å². The quantitative estimate of drug-likeness (QED) is 0.606. The van der Waals surface area contributed by atoms with Crippen LogP contribution >= 0.6 is 0 Å². The van der Waals surface area contributed by atoms with Crippen molar-refractivity contribution in [1.82, 2.24) is 5.32 Å². The first-order chi connectivity index (χ1) is 5.81. The van der Waals surface area contributed by atoms with Crippen molar-refractivity contribution >= 4 is 5.91 Å². The Balaban J connectivity index is 0. The first kappa shape index (κ1) is 13.6. The van der Waals surface area contributed by atoms with Crippen LogP contribution in [0.25, 0.3) is 0 Å². The van der Waals surface area contributed by atoms with Crippen molar-refractivity contribution in [2.75, 3.05) is 13.1 Å². The molecular weight excluding hydrogens is 152 g/mol. The van der Waals surface area contributed by atoms with Gasteiger partial charge in [-0.05, 0) is 6.92 Å². The Morgan fingerprint density at radius 3 is 2.50 bits per heavy atom. The predicted molar refractivity (Wildman–Crippen MR) is 51.5 cm³/mol. The van der Waals surface area contributed by atoms with Gasteiger partial charge in [0.25, 0.3) is 0 Å². The highest BCUT2D eigenvalue weighted by Crippen LogP contribution is 1.71. The van der Waals surface area contributed by atoms with E-state index in [1.807, 2.05) is 13.8 Å². The summed E-state index contributed by atoms with van der Waals surface area (Å²) in [5.74, 6) is 5.35. The zero-order valence-electron chi connectivity index (χ0n) is 8.11. The molecule has 0 fully saturated rings. The van der Waals surface area contributed by atoms with Crippen LogP contribution in [-0.2, 0) is 4.79 Å². The van der Waals surface area contributed by atoms with Crippen molar-refractivity contribution in [3.05, 3.63) is 0 Å². The predicted octanol–water partition coefficient (Wildman–Crippen LogP) is 0.501. The van der Waals surface area contributed by atoms with Gasteiger partial charge in [0.2, 0.25) is 5.91 Å². The molecule has 12 heavy (non-hydrogen) atoms. The molecule has 0 aromatic heterocycles. The van der Waals surface area contributed by atoms with Crippen molar-refractivity contribution in [3.63, 3.8) is 0 Å². The Kier molecular flexibility index (Phi) is 14.3. The molecule has 3 N–H and O–H groups in total. The topological polar surface area (TPSA) is 55.1 Å². The lowest BCUT2D eigenvalue weighted by Crippen LogP contribution is -2.25. The monoisotopic (exact) mass is 170 g/mol. The fourth-order valence-corrected chi connectivity index (χ4v) is 0.451. The molecule has 0 spiro atoms. The summed E-state index contributed by atoms with van der Waals surface area (Å²) >= 11 is 0. The molecule has 1 amide bonds. The van der Waals surface area contributed by atoms with Crippen LogP contribution in [0.15, 0.2) is 0 Å². The highest BCUT2D eigenvalue weighted by atomic mass is 16.1. The molecule has 0 unspecified atom stereocenters. The number of amides is 1. The minimum absolute atomic E-state index is 0.0368. The van der Waals surface area contributed by atoms with Gasteiger partial charge >= 0.3 is 0 Å². The van der Waals surface area contributed by atoms with E-state index < -0.39 is 0 Å². The normalized spacial score (nSPS) is 7.00. The van der Waals surface area contributed by atoms with Gasteiger partial charge in [0, 0.05) is 13.0 Å². The van der Waals surface area contributed by atoms with Gasteiger partial charge in [-0.2, -0.15) is 0 Å². The first-order valence-electron chi connectivity index (χ1n) is 4.17. The highest BCUT2D eigenvalue weighted by molar-refractivity contribution is 5.76. The van der Waals surface area contributed by atoms with E-state index >= 15 is 0 Å². The summed E-state index contributed by atoms with van der Waals surface area (Å²) in [6.07, 6.45) is 0.380. The highest BCUT2D eigenvalue weighted by Gasteiger charge is 1.94. The number of nitrogens with one attached hydrogen (secondary N) is 1. The van der Waals surface area contributed by atoms with Crippen molar-refractivity contribution in [2.45, 2.75) is 27.2 Å². The van der Waals surface area contributed by atoms with Crippen LogP contribution < -0.4 is 11.1 Å². The average molecular weight is 170 g/mol. The van der Waals surface area contributed by atoms with E-state index in [0.29, 0.717) is 19.5 Å². The van der Waals surface area contributed by atoms with E-state index in [2.05, 4.69) is 17.2 Å². The minimum atomic E-state index is -0.0368. The van der Waals surface area contributed by atoms with Crippen molar-refractivity contribution in [1.29, 1.82) is 0 Å². The minimum Gasteiger partial charge on any atom is -0.345 e. The fraction of sp³-hybridized carbons (Fsp3) is 0.667. The van der Waals surface area contributed by atoms with Gasteiger partial charge in [-0.15, -0.1) is 5.92 Å². The molecule has 0 atom stereocenters. The third kappa shape index (κ3) is 11.7. The summed E-state index contributed by atoms with van der Waals surface area (Å²) < 4.78 is 0. The zero-order valence-corrected chi connectivity index (χ0v) is 8.11. The average Bonchev–Trinajstić information content (AvgIpc) is 2.09. The number of rotatable bonds is 3. The van der Waals surface area contributed by atoms with Gasteiger partial charge in [-0.25, -0.2) is 0 Å². The van der Waals surface area contributed by atoms with Crippen LogP contribution in [0.4, 0.5) is 0 Å². The number of carbonyl (C=O) groups is 1. The number of hydrogen-bond donors (Lipinski definition) is 2. The van der Waals surface area contributed by atoms with E-state index in [4.69, 9.17) is 5.73 Å². The van der Waals surface area contributed by atoms with Crippen LogP contribution in [-0.4, -0.2) is 19.0 Å². The molecule has 0 aromatic rings. The lowest BCUT2D eigenvalue weighted by Gasteiger charge is -1.96. The van der Waals surface area contributed by atoms with E-state index in [9.17, 15) is 4.79 Å². The first-order valence-corrected chi connectivity index (χ1v) is 4.17. The zero-order chi connectivity index (χ0) is 9.82. The lowest BCUT2D eigenvalue weighted by molar-refractivity contribution is -0.120. The van der Waals surface area contributed by atoms with Crippen LogP contribution in [0.3, 0.4) is 0 Å². The van der Waals surface area contributed by atoms with Gasteiger partial charge in [0.05, 0.1) is 6.54 Å². The maximum atomic E-state index is 10.7. The second-order valence-corrected chi connectivity index (χ2v) is 1.74. The SMILES string of the molecule is CC.CC#CCNC(=O)CCN. The lowest BCUT2D eigenvalue weighted by atomic mass is 10.4. The van der Waals surface area contributed by atoms with Gasteiger partial charge < -0.3 is 11.1 Å². The van der Waals surface area contributed by atoms with E-state index in [-0.39, 0.29) is 5.91 Å². The van der Waals surface area contributed by atoms with E-state index in [0.717, 1.165) is 0 Å². The standard InChI is InChI=1S/C7H12N2O.C2H6/c1-2-3-6-9-7(10)4-5-8;1-2/h4-6,8H2,1H3,(H,9,10);1-2H3. The third-order valence-electron chi connectivity index (χ3n) is 0.922. The maximum Gasteiger partial charge on any atom is 0.222 e. The van der Waals surface area contributed by atoms with Crippen LogP contribution in [0, 0.1) is 11.8 Å². The molecule has 70 valence electrons. The summed E-state index contributed by atoms with van der Waals surface area (Å²) in [6, 6.07) is 0. The summed E-state index contributed by atoms with van der Waals surface area (Å²) in [7, 11) is 0. The van der Waals surface area contributed by atoms with Gasteiger partial charge in [-0.1, -0.05) is 19.8 Å². The van der Waals surface area contributed by atoms with E-state index in [1.165, 1.54) is 0 Å². The molecule has 0 rings (SSSR count). The van der Waals surface area contributed by atoms with Crippen molar-refractivity contribution in [2.24, 2.45) is 5.73 Å². The summed E-state index contributed by atoms with van der Waals surface area (Å²) in [5.41, 5.74) is 5.14. The molecule has 0 aliphatic rings. The molecule has 0 heterocycles. The molecule has 0 saturated heterocycles. The smallest absolute Gasteiger partial charge is 0.222 e. The molecule has 0 aliphatic heterocycles. The Hall–Kier alpha value is -1.01. The Morgan fingerprint density at radius 1 is 1.50 bits per heavy atom. The maximum absolute atomic E-state index is 10.7. The Morgan fingerprint density at radius 2 is 2.08 bits per heavy atom. The largest absolute Gasteiger partial charge is 0.345 e. The number of carbonyl (C=O) groups excluding carboxylic acids is 1. The molecular formula is C9H18N2O. The number of hydrogen-bond acceptors (Lipinski definition) is 2. The molecule has 3 heteroatoms. The molecule has 0 saturated carbocycles. The van der Waals surface area contributed by atoms with Crippen molar-refractivity contribution < 1.29 is 4.79 Å². The Bertz CT molecular complexity index is 156. The summed E-state index contributed by atoms with van der Waals surface area (Å²) in [4.78, 5) is 10.7. The van der Waals surface area contributed by atoms with Crippen LogP contribution in [0.2, 0.25) is 0 Å². The van der Waals surface area contributed by atoms with Gasteiger partial charge in [0.1, 0.15) is 0 Å². The second-order valence-electron chi connectivity index (χ2n) is 1.74. The van der Waals surface area contributed by atoms with Crippen LogP contribution in [0.1, 0.15) is 27.2 Å². The van der Waals surface area contributed by atoms with Crippen molar-refractivity contribution in [3.8, 4) is 11.8 Å². The third-order valence-corrected chi connectivity index (χ3v) is 0.922. The molecule has 0 radical (unpaired) electrons. The molecule has 0 aromatic carbocycles.